The van der Waals surface area contributed by atoms with Crippen LogP contribution < -0.4 is 25.3 Å². The second kappa shape index (κ2) is 7.44. The number of nitrogen functional groups attached to an aromatic ring is 1. The molecule has 7 nitrogen and oxygen atoms in total. The maximum absolute atomic E-state index is 13.6. The highest BCUT2D eigenvalue weighted by Crippen LogP contribution is 2.38. The van der Waals surface area contributed by atoms with Crippen molar-refractivity contribution in [3.8, 4) is 28.5 Å². The van der Waals surface area contributed by atoms with Gasteiger partial charge < -0.3 is 25.3 Å². The van der Waals surface area contributed by atoms with E-state index in [0.717, 1.165) is 16.9 Å². The Hall–Kier alpha value is -3.85. The van der Waals surface area contributed by atoms with Crippen LogP contribution in [-0.4, -0.2) is 24.8 Å². The number of hydrogen-bond donors (Lipinski definition) is 2. The van der Waals surface area contributed by atoms with Gasteiger partial charge in [-0.1, -0.05) is 0 Å². The van der Waals surface area contributed by atoms with Crippen LogP contribution in [0.3, 0.4) is 0 Å². The first-order valence-corrected chi connectivity index (χ1v) is 10.1. The molecule has 0 aliphatic carbocycles. The Labute approximate surface area is 180 Å². The number of amides is 1. The summed E-state index contributed by atoms with van der Waals surface area (Å²) < 4.78 is 29.6. The van der Waals surface area contributed by atoms with Crippen molar-refractivity contribution in [1.29, 1.82) is 0 Å². The molecule has 2 aromatic carbocycles. The zero-order chi connectivity index (χ0) is 21.5. The standard InChI is InChI=1S/C22H16FN3O4S/c1-28-16-7-3-12(23)9-15(16)25-21(27)20-19(24)13-4-5-14(26-22(13)31-20)11-2-6-17-18(8-11)30-10-29-17/h2-9H,10,24H2,1H3,(H,25,27). The molecular weight excluding hydrogens is 421 g/mol. The molecule has 1 amide bonds. The van der Waals surface area contributed by atoms with Crippen LogP contribution in [0.2, 0.25) is 0 Å². The number of benzene rings is 2. The molecule has 0 unspecified atom stereocenters. The van der Waals surface area contributed by atoms with E-state index in [1.54, 1.807) is 0 Å². The number of pyridine rings is 1. The van der Waals surface area contributed by atoms with Gasteiger partial charge in [-0.25, -0.2) is 9.37 Å². The minimum absolute atomic E-state index is 0.196. The normalized spacial score (nSPS) is 12.2. The molecule has 5 rings (SSSR count). The molecule has 0 fully saturated rings. The van der Waals surface area contributed by atoms with E-state index < -0.39 is 11.7 Å². The smallest absolute Gasteiger partial charge is 0.268 e. The Bertz CT molecular complexity index is 1340. The first-order valence-electron chi connectivity index (χ1n) is 9.27. The molecule has 9 heteroatoms. The molecule has 1 aliphatic heterocycles. The van der Waals surface area contributed by atoms with E-state index in [0.29, 0.717) is 38.8 Å². The summed E-state index contributed by atoms with van der Waals surface area (Å²) in [6.45, 7) is 0.196. The first-order chi connectivity index (χ1) is 15.0. The molecule has 0 radical (unpaired) electrons. The van der Waals surface area contributed by atoms with Gasteiger partial charge in [0, 0.05) is 17.0 Å². The predicted molar refractivity (Wildman–Crippen MR) is 116 cm³/mol. The van der Waals surface area contributed by atoms with Gasteiger partial charge in [-0.3, -0.25) is 4.79 Å². The van der Waals surface area contributed by atoms with Crippen molar-refractivity contribution in [2.75, 3.05) is 25.0 Å². The lowest BCUT2D eigenvalue weighted by atomic mass is 10.1. The monoisotopic (exact) mass is 437 g/mol. The molecule has 156 valence electrons. The number of ether oxygens (including phenoxy) is 3. The molecule has 31 heavy (non-hydrogen) atoms. The number of methoxy groups -OCH3 is 1. The second-order valence-electron chi connectivity index (χ2n) is 6.76. The van der Waals surface area contributed by atoms with Crippen LogP contribution in [0.1, 0.15) is 9.67 Å². The largest absolute Gasteiger partial charge is 0.495 e. The SMILES string of the molecule is COc1ccc(F)cc1NC(=O)c1sc2nc(-c3ccc4c(c3)OCO4)ccc2c1N. The molecular formula is C22H16FN3O4S. The van der Waals surface area contributed by atoms with E-state index in [4.69, 9.17) is 19.9 Å². The molecule has 1 aliphatic rings. The lowest BCUT2D eigenvalue weighted by Crippen LogP contribution is -2.13. The molecule has 0 bridgehead atoms. The highest BCUT2D eigenvalue weighted by Gasteiger charge is 2.20. The third-order valence-corrected chi connectivity index (χ3v) is 5.99. The van der Waals surface area contributed by atoms with Gasteiger partial charge in [0.15, 0.2) is 11.5 Å². The molecule has 3 N–H and O–H groups in total. The van der Waals surface area contributed by atoms with Crippen LogP contribution in [-0.2, 0) is 0 Å². The van der Waals surface area contributed by atoms with Crippen LogP contribution in [0.15, 0.2) is 48.5 Å². The van der Waals surface area contributed by atoms with Gasteiger partial charge in [-0.15, -0.1) is 11.3 Å². The van der Waals surface area contributed by atoms with E-state index in [1.165, 1.54) is 25.3 Å². The highest BCUT2D eigenvalue weighted by molar-refractivity contribution is 7.21. The van der Waals surface area contributed by atoms with Crippen molar-refractivity contribution in [3.63, 3.8) is 0 Å². The Morgan fingerprint density at radius 2 is 2.00 bits per heavy atom. The average molecular weight is 437 g/mol. The Morgan fingerprint density at radius 1 is 1.16 bits per heavy atom. The fraction of sp³-hybridized carbons (Fsp3) is 0.0909. The molecule has 0 saturated heterocycles. The summed E-state index contributed by atoms with van der Waals surface area (Å²) in [5, 5.41) is 3.34. The minimum atomic E-state index is -0.490. The summed E-state index contributed by atoms with van der Waals surface area (Å²) in [5.74, 6) is 0.744. The number of nitrogens with two attached hydrogens (primary N) is 1. The number of thiophene rings is 1. The highest BCUT2D eigenvalue weighted by atomic mass is 32.1. The van der Waals surface area contributed by atoms with E-state index in [9.17, 15) is 9.18 Å². The summed E-state index contributed by atoms with van der Waals surface area (Å²) >= 11 is 1.16. The third kappa shape index (κ3) is 3.38. The Morgan fingerprint density at radius 3 is 2.84 bits per heavy atom. The van der Waals surface area contributed by atoms with Gasteiger partial charge in [0.25, 0.3) is 5.91 Å². The topological polar surface area (TPSA) is 95.7 Å². The van der Waals surface area contributed by atoms with Crippen LogP contribution in [0.25, 0.3) is 21.5 Å². The first kappa shape index (κ1) is 19.1. The van der Waals surface area contributed by atoms with Crippen molar-refractivity contribution in [3.05, 3.63) is 59.2 Å². The van der Waals surface area contributed by atoms with Gasteiger partial charge in [0.1, 0.15) is 21.3 Å². The van der Waals surface area contributed by atoms with Gasteiger partial charge in [-0.2, -0.15) is 0 Å². The number of fused-ring (bicyclic) bond motifs is 2. The molecule has 3 heterocycles. The van der Waals surface area contributed by atoms with E-state index in [2.05, 4.69) is 10.3 Å². The quantitative estimate of drug-likeness (QED) is 0.482. The van der Waals surface area contributed by atoms with Crippen LogP contribution in [0.4, 0.5) is 15.8 Å². The average Bonchev–Trinajstić information content (AvgIpc) is 3.37. The van der Waals surface area contributed by atoms with Gasteiger partial charge in [-0.05, 0) is 42.5 Å². The number of carbonyl (C=O) groups is 1. The summed E-state index contributed by atoms with van der Waals surface area (Å²) in [6, 6.07) is 13.1. The fourth-order valence-electron chi connectivity index (χ4n) is 3.34. The number of carbonyl (C=O) groups excluding carboxylic acids is 1. The maximum Gasteiger partial charge on any atom is 0.268 e. The van der Waals surface area contributed by atoms with E-state index in [-0.39, 0.29) is 17.4 Å². The van der Waals surface area contributed by atoms with Crippen molar-refractivity contribution in [2.24, 2.45) is 0 Å². The minimum Gasteiger partial charge on any atom is -0.495 e. The molecule has 0 spiro atoms. The lowest BCUT2D eigenvalue weighted by Gasteiger charge is -2.09. The Kier molecular flexibility index (Phi) is 4.59. The van der Waals surface area contributed by atoms with Crippen LogP contribution in [0, 0.1) is 5.82 Å². The van der Waals surface area contributed by atoms with Gasteiger partial charge in [0.05, 0.1) is 24.2 Å². The number of hydrogen-bond acceptors (Lipinski definition) is 7. The predicted octanol–water partition coefficient (Wildman–Crippen LogP) is 4.67. The summed E-state index contributed by atoms with van der Waals surface area (Å²) in [6.07, 6.45) is 0. The van der Waals surface area contributed by atoms with E-state index >= 15 is 0 Å². The van der Waals surface area contributed by atoms with Gasteiger partial charge >= 0.3 is 0 Å². The second-order valence-corrected chi connectivity index (χ2v) is 7.76. The zero-order valence-corrected chi connectivity index (χ0v) is 17.1. The van der Waals surface area contributed by atoms with E-state index in [1.807, 2.05) is 30.3 Å². The molecule has 2 aromatic heterocycles. The number of rotatable bonds is 4. The summed E-state index contributed by atoms with van der Waals surface area (Å²) in [5.41, 5.74) is 8.33. The molecule has 0 saturated carbocycles. The van der Waals surface area contributed by atoms with Gasteiger partial charge in [0.2, 0.25) is 6.79 Å². The Balaban J connectivity index is 1.49. The van der Waals surface area contributed by atoms with Crippen LogP contribution in [0.5, 0.6) is 17.2 Å². The van der Waals surface area contributed by atoms with Crippen molar-refractivity contribution >= 4 is 38.8 Å². The number of halogens is 1. The van der Waals surface area contributed by atoms with Crippen molar-refractivity contribution in [1.82, 2.24) is 4.98 Å². The summed E-state index contributed by atoms with van der Waals surface area (Å²) in [7, 11) is 1.44. The summed E-state index contributed by atoms with van der Waals surface area (Å²) in [4.78, 5) is 18.4. The van der Waals surface area contributed by atoms with Crippen LogP contribution >= 0.6 is 11.3 Å². The number of nitrogens with zero attached hydrogens (tertiary/aromatic N) is 1. The fourth-order valence-corrected chi connectivity index (χ4v) is 4.33. The maximum atomic E-state index is 13.6. The van der Waals surface area contributed by atoms with Crippen molar-refractivity contribution in [2.45, 2.75) is 0 Å². The number of aromatic nitrogens is 1. The molecule has 0 atom stereocenters. The number of anilines is 2. The lowest BCUT2D eigenvalue weighted by molar-refractivity contribution is 0.103. The third-order valence-electron chi connectivity index (χ3n) is 4.88. The molecule has 4 aromatic rings. The zero-order valence-electron chi connectivity index (χ0n) is 16.3. The number of nitrogens with one attached hydrogen (secondary N) is 1. The van der Waals surface area contributed by atoms with Crippen molar-refractivity contribution < 1.29 is 23.4 Å².